The molecule has 0 bridgehead atoms. The van der Waals surface area contributed by atoms with Crippen LogP contribution in [0, 0.1) is 0 Å². The highest BCUT2D eigenvalue weighted by Gasteiger charge is 2.25. The van der Waals surface area contributed by atoms with E-state index in [1.54, 1.807) is 29.2 Å². The Morgan fingerprint density at radius 1 is 1.42 bits per heavy atom. The lowest BCUT2D eigenvalue weighted by Gasteiger charge is -2.35. The highest BCUT2D eigenvalue weighted by atomic mass is 16.5. The van der Waals surface area contributed by atoms with Crippen LogP contribution in [0.3, 0.4) is 0 Å². The number of rotatable bonds is 3. The van der Waals surface area contributed by atoms with E-state index in [0.29, 0.717) is 24.5 Å². The zero-order chi connectivity index (χ0) is 13.8. The van der Waals surface area contributed by atoms with Gasteiger partial charge in [0.2, 0.25) is 0 Å². The van der Waals surface area contributed by atoms with Crippen molar-refractivity contribution in [1.29, 1.82) is 0 Å². The molecule has 0 radical (unpaired) electrons. The molecule has 1 heterocycles. The zero-order valence-corrected chi connectivity index (χ0v) is 11.3. The minimum atomic E-state index is -0.0237. The van der Waals surface area contributed by atoms with Crippen LogP contribution in [0.25, 0.3) is 0 Å². The molecule has 1 aromatic rings. The number of morpholine rings is 1. The molecular formula is C14H20N2O3. The second-order valence-electron chi connectivity index (χ2n) is 4.92. The molecule has 0 aliphatic carbocycles. The summed E-state index contributed by atoms with van der Waals surface area (Å²) < 4.78 is 11.1. The number of carbonyl (C=O) groups excluding carboxylic acids is 1. The number of hydrogen-bond donors (Lipinski definition) is 1. The third kappa shape index (κ3) is 3.86. The average molecular weight is 264 g/mol. The van der Waals surface area contributed by atoms with E-state index < -0.39 is 0 Å². The van der Waals surface area contributed by atoms with Gasteiger partial charge in [-0.2, -0.15) is 0 Å². The molecule has 5 nitrogen and oxygen atoms in total. The fourth-order valence-corrected chi connectivity index (χ4v) is 2.22. The third-order valence-electron chi connectivity index (χ3n) is 2.99. The first-order chi connectivity index (χ1) is 9.04. The standard InChI is InChI=1S/C14H20N2O3/c1-10-7-16(8-11(2)19-10)14(17)9-18-13-5-3-4-12(15)6-13/h3-6,10-11H,7-9,15H2,1-2H3/t10-,11+. The summed E-state index contributed by atoms with van der Waals surface area (Å²) in [4.78, 5) is 13.8. The van der Waals surface area contributed by atoms with E-state index in [9.17, 15) is 4.79 Å². The van der Waals surface area contributed by atoms with Gasteiger partial charge in [0.15, 0.2) is 6.61 Å². The average Bonchev–Trinajstić information content (AvgIpc) is 2.35. The van der Waals surface area contributed by atoms with Crippen LogP contribution in [-0.2, 0) is 9.53 Å². The number of ether oxygens (including phenoxy) is 2. The normalized spacial score (nSPS) is 23.2. The Balaban J connectivity index is 1.87. The van der Waals surface area contributed by atoms with Crippen LogP contribution < -0.4 is 10.5 Å². The van der Waals surface area contributed by atoms with E-state index >= 15 is 0 Å². The number of amides is 1. The molecule has 1 aliphatic rings. The first-order valence-corrected chi connectivity index (χ1v) is 6.46. The zero-order valence-electron chi connectivity index (χ0n) is 11.3. The summed E-state index contributed by atoms with van der Waals surface area (Å²) in [5, 5.41) is 0. The van der Waals surface area contributed by atoms with E-state index in [2.05, 4.69) is 0 Å². The Labute approximate surface area is 113 Å². The van der Waals surface area contributed by atoms with Crippen LogP contribution in [0.5, 0.6) is 5.75 Å². The van der Waals surface area contributed by atoms with Gasteiger partial charge in [-0.3, -0.25) is 4.79 Å². The van der Waals surface area contributed by atoms with Gasteiger partial charge in [0.1, 0.15) is 5.75 Å². The summed E-state index contributed by atoms with van der Waals surface area (Å²) >= 11 is 0. The fourth-order valence-electron chi connectivity index (χ4n) is 2.22. The highest BCUT2D eigenvalue weighted by molar-refractivity contribution is 5.78. The summed E-state index contributed by atoms with van der Waals surface area (Å²) in [7, 11) is 0. The Morgan fingerprint density at radius 3 is 2.74 bits per heavy atom. The van der Waals surface area contributed by atoms with Gasteiger partial charge in [0, 0.05) is 24.8 Å². The minimum absolute atomic E-state index is 0.0237. The highest BCUT2D eigenvalue weighted by Crippen LogP contribution is 2.15. The molecule has 0 saturated carbocycles. The maximum atomic E-state index is 12.1. The van der Waals surface area contributed by atoms with Crippen molar-refractivity contribution in [3.63, 3.8) is 0 Å². The number of benzene rings is 1. The molecule has 1 saturated heterocycles. The van der Waals surface area contributed by atoms with Crippen molar-refractivity contribution in [3.05, 3.63) is 24.3 Å². The summed E-state index contributed by atoms with van der Waals surface area (Å²) in [5.41, 5.74) is 6.28. The quantitative estimate of drug-likeness (QED) is 0.835. The smallest absolute Gasteiger partial charge is 0.260 e. The Kier molecular flexibility index (Phi) is 4.27. The Hall–Kier alpha value is -1.75. The molecule has 2 atom stereocenters. The molecule has 1 amide bonds. The number of nitrogen functional groups attached to an aromatic ring is 1. The summed E-state index contributed by atoms with van der Waals surface area (Å²) in [6.07, 6.45) is 0.139. The van der Waals surface area contributed by atoms with Crippen molar-refractivity contribution in [1.82, 2.24) is 4.90 Å². The third-order valence-corrected chi connectivity index (χ3v) is 2.99. The van der Waals surface area contributed by atoms with Gasteiger partial charge in [-0.25, -0.2) is 0 Å². The van der Waals surface area contributed by atoms with Crippen LogP contribution in [0.2, 0.25) is 0 Å². The number of anilines is 1. The molecule has 1 aliphatic heterocycles. The number of hydrogen-bond acceptors (Lipinski definition) is 4. The maximum absolute atomic E-state index is 12.1. The molecule has 0 unspecified atom stereocenters. The molecule has 5 heteroatoms. The van der Waals surface area contributed by atoms with Crippen molar-refractivity contribution in [2.75, 3.05) is 25.4 Å². The SMILES string of the molecule is C[C@@H]1CN(C(=O)COc2cccc(N)c2)C[C@H](C)O1. The van der Waals surface area contributed by atoms with E-state index in [4.69, 9.17) is 15.2 Å². The van der Waals surface area contributed by atoms with Gasteiger partial charge >= 0.3 is 0 Å². The summed E-state index contributed by atoms with van der Waals surface area (Å²) in [6, 6.07) is 7.07. The Morgan fingerprint density at radius 2 is 2.11 bits per heavy atom. The van der Waals surface area contributed by atoms with Crippen LogP contribution >= 0.6 is 0 Å². The molecular weight excluding hydrogens is 244 g/mol. The number of nitrogens with zero attached hydrogens (tertiary/aromatic N) is 1. The van der Waals surface area contributed by atoms with Crippen molar-refractivity contribution < 1.29 is 14.3 Å². The van der Waals surface area contributed by atoms with Gasteiger partial charge in [-0.05, 0) is 26.0 Å². The second kappa shape index (κ2) is 5.93. The molecule has 2 N–H and O–H groups in total. The van der Waals surface area contributed by atoms with Crippen LogP contribution in [0.1, 0.15) is 13.8 Å². The van der Waals surface area contributed by atoms with Gasteiger partial charge < -0.3 is 20.1 Å². The lowest BCUT2D eigenvalue weighted by atomic mass is 10.2. The molecule has 0 spiro atoms. The van der Waals surface area contributed by atoms with Gasteiger partial charge in [-0.15, -0.1) is 0 Å². The van der Waals surface area contributed by atoms with Crippen molar-refractivity contribution in [2.24, 2.45) is 0 Å². The van der Waals surface area contributed by atoms with E-state index in [1.165, 1.54) is 0 Å². The van der Waals surface area contributed by atoms with Crippen molar-refractivity contribution >= 4 is 11.6 Å². The Bertz CT molecular complexity index is 440. The number of nitrogens with two attached hydrogens (primary N) is 1. The lowest BCUT2D eigenvalue weighted by molar-refractivity contribution is -0.145. The monoisotopic (exact) mass is 264 g/mol. The van der Waals surface area contributed by atoms with E-state index in [1.807, 2.05) is 13.8 Å². The predicted molar refractivity (Wildman–Crippen MR) is 72.9 cm³/mol. The molecule has 0 aromatic heterocycles. The first kappa shape index (κ1) is 13.7. The van der Waals surface area contributed by atoms with E-state index in [-0.39, 0.29) is 24.7 Å². The van der Waals surface area contributed by atoms with Gasteiger partial charge in [0.05, 0.1) is 12.2 Å². The molecule has 1 aromatic carbocycles. The largest absolute Gasteiger partial charge is 0.484 e. The molecule has 2 rings (SSSR count). The topological polar surface area (TPSA) is 64.8 Å². The van der Waals surface area contributed by atoms with Gasteiger partial charge in [-0.1, -0.05) is 6.07 Å². The van der Waals surface area contributed by atoms with Crippen molar-refractivity contribution in [2.45, 2.75) is 26.1 Å². The maximum Gasteiger partial charge on any atom is 0.260 e. The second-order valence-corrected chi connectivity index (χ2v) is 4.92. The fraction of sp³-hybridized carbons (Fsp3) is 0.500. The summed E-state index contributed by atoms with van der Waals surface area (Å²) in [6.45, 7) is 5.19. The first-order valence-electron chi connectivity index (χ1n) is 6.46. The molecule has 1 fully saturated rings. The van der Waals surface area contributed by atoms with Crippen LogP contribution in [0.4, 0.5) is 5.69 Å². The predicted octanol–water partition coefficient (Wildman–Crippen LogP) is 1.28. The van der Waals surface area contributed by atoms with Gasteiger partial charge in [0.25, 0.3) is 5.91 Å². The van der Waals surface area contributed by atoms with Crippen molar-refractivity contribution in [3.8, 4) is 5.75 Å². The molecule has 104 valence electrons. The van der Waals surface area contributed by atoms with Crippen LogP contribution in [0.15, 0.2) is 24.3 Å². The number of carbonyl (C=O) groups is 1. The minimum Gasteiger partial charge on any atom is -0.484 e. The molecule has 19 heavy (non-hydrogen) atoms. The van der Waals surface area contributed by atoms with Crippen LogP contribution in [-0.4, -0.2) is 42.7 Å². The lowest BCUT2D eigenvalue weighted by Crippen LogP contribution is -2.49. The van der Waals surface area contributed by atoms with E-state index in [0.717, 1.165) is 0 Å². The summed E-state index contributed by atoms with van der Waals surface area (Å²) in [5.74, 6) is 0.590.